The van der Waals surface area contributed by atoms with E-state index in [-0.39, 0.29) is 56.8 Å². The molecule has 0 aliphatic carbocycles. The number of halogens is 1. The van der Waals surface area contributed by atoms with E-state index in [2.05, 4.69) is 20.6 Å². The molecule has 1 aliphatic heterocycles. The minimum atomic E-state index is -0.610. The van der Waals surface area contributed by atoms with Crippen molar-refractivity contribution in [3.05, 3.63) is 30.0 Å². The van der Waals surface area contributed by atoms with E-state index in [4.69, 9.17) is 28.9 Å². The maximum atomic E-state index is 13.8. The predicted octanol–water partition coefficient (Wildman–Crippen LogP) is 4.04. The molecule has 14 heteroatoms. The minimum Gasteiger partial charge on any atom is -0.487 e. The lowest BCUT2D eigenvalue weighted by Gasteiger charge is -2.25. The van der Waals surface area contributed by atoms with E-state index in [0.717, 1.165) is 12.8 Å². The number of nitrogens with one attached hydrogen (secondary N) is 3. The first-order valence-electron chi connectivity index (χ1n) is 13.6. The number of aromatic nitrogens is 2. The zero-order valence-electron chi connectivity index (χ0n) is 24.0. The van der Waals surface area contributed by atoms with Gasteiger partial charge in [0.1, 0.15) is 36.4 Å². The first-order chi connectivity index (χ1) is 20.2. The highest BCUT2D eigenvalue weighted by atomic mass is 19.2. The third-order valence-electron chi connectivity index (χ3n) is 5.72. The molecule has 2 aromatic heterocycles. The van der Waals surface area contributed by atoms with Crippen molar-refractivity contribution in [3.8, 4) is 11.8 Å². The first-order valence-corrected chi connectivity index (χ1v) is 13.6. The number of carbonyl (C=O) groups is 2. The molecule has 42 heavy (non-hydrogen) atoms. The first kappa shape index (κ1) is 32.3. The van der Waals surface area contributed by atoms with Gasteiger partial charge in [-0.2, -0.15) is 5.26 Å². The van der Waals surface area contributed by atoms with Crippen LogP contribution in [-0.4, -0.2) is 73.2 Å². The summed E-state index contributed by atoms with van der Waals surface area (Å²) in [4.78, 5) is 32.2. The monoisotopic (exact) mass is 588 g/mol. The zero-order valence-corrected chi connectivity index (χ0v) is 24.0. The van der Waals surface area contributed by atoms with Crippen LogP contribution in [0.25, 0.3) is 0 Å². The number of nitriles is 1. The van der Waals surface area contributed by atoms with Crippen molar-refractivity contribution in [3.63, 3.8) is 0 Å². The Labute approximate surface area is 244 Å². The Hall–Kier alpha value is -4.22. The minimum absolute atomic E-state index is 0.0188. The smallest absolute Gasteiger partial charge is 0.306 e. The normalized spacial score (nSPS) is 13.5. The van der Waals surface area contributed by atoms with E-state index in [1.165, 1.54) is 12.3 Å². The molecule has 1 fully saturated rings. The summed E-state index contributed by atoms with van der Waals surface area (Å²) in [7, 11) is 0. The van der Waals surface area contributed by atoms with Gasteiger partial charge in [0, 0.05) is 31.5 Å². The molecule has 3 heterocycles. The average molecular weight is 589 g/mol. The van der Waals surface area contributed by atoms with Crippen LogP contribution >= 0.6 is 0 Å². The van der Waals surface area contributed by atoms with Crippen molar-refractivity contribution < 1.29 is 37.8 Å². The highest BCUT2D eigenvalue weighted by Gasteiger charge is 2.20. The molecule has 0 unspecified atom stereocenters. The van der Waals surface area contributed by atoms with E-state index >= 15 is 0 Å². The SMILES string of the molecule is CC(C)(C)OC(=O)CCC(=O)OCCOCCOc1cc(NF)c(Nc2ccc(C#N)cn2)nc1NC1CCOCC1. The van der Waals surface area contributed by atoms with Gasteiger partial charge in [0.25, 0.3) is 0 Å². The number of anilines is 4. The molecule has 2 aromatic rings. The second-order valence-corrected chi connectivity index (χ2v) is 10.3. The van der Waals surface area contributed by atoms with Gasteiger partial charge < -0.3 is 34.3 Å². The quantitative estimate of drug-likeness (QED) is 0.155. The molecule has 228 valence electrons. The van der Waals surface area contributed by atoms with Crippen LogP contribution in [0.1, 0.15) is 52.0 Å². The van der Waals surface area contributed by atoms with Gasteiger partial charge in [-0.25, -0.2) is 15.5 Å². The lowest BCUT2D eigenvalue weighted by molar-refractivity contribution is -0.158. The van der Waals surface area contributed by atoms with Gasteiger partial charge in [-0.05, 0) is 45.7 Å². The van der Waals surface area contributed by atoms with Gasteiger partial charge in [0.15, 0.2) is 17.4 Å². The fraction of sp³-hybridized carbons (Fsp3) is 0.536. The molecule has 0 amide bonds. The number of rotatable bonds is 15. The van der Waals surface area contributed by atoms with E-state index in [1.807, 2.05) is 6.07 Å². The maximum absolute atomic E-state index is 13.8. The summed E-state index contributed by atoms with van der Waals surface area (Å²) >= 11 is 0. The van der Waals surface area contributed by atoms with Crippen molar-refractivity contribution in [2.75, 3.05) is 55.8 Å². The summed E-state index contributed by atoms with van der Waals surface area (Å²) in [5, 5.41) is 15.3. The van der Waals surface area contributed by atoms with E-state index in [1.54, 1.807) is 38.4 Å². The Morgan fingerprint density at radius 2 is 1.83 bits per heavy atom. The molecule has 1 aliphatic rings. The van der Waals surface area contributed by atoms with Crippen molar-refractivity contribution >= 4 is 35.1 Å². The lowest BCUT2D eigenvalue weighted by Crippen LogP contribution is -2.28. The van der Waals surface area contributed by atoms with Gasteiger partial charge in [-0.15, -0.1) is 4.48 Å². The topological polar surface area (TPSA) is 166 Å². The highest BCUT2D eigenvalue weighted by Crippen LogP contribution is 2.34. The summed E-state index contributed by atoms with van der Waals surface area (Å²) in [5.41, 5.74) is 1.43. The summed E-state index contributed by atoms with van der Waals surface area (Å²) < 4.78 is 40.8. The Balaban J connectivity index is 1.51. The van der Waals surface area contributed by atoms with Crippen molar-refractivity contribution in [2.45, 2.75) is 58.1 Å². The Morgan fingerprint density at radius 1 is 1.10 bits per heavy atom. The Bertz CT molecular complexity index is 1210. The molecule has 3 N–H and O–H groups in total. The van der Waals surface area contributed by atoms with Crippen LogP contribution in [0.2, 0.25) is 0 Å². The second kappa shape index (κ2) is 16.3. The Kier molecular flexibility index (Phi) is 12.5. The second-order valence-electron chi connectivity index (χ2n) is 10.3. The highest BCUT2D eigenvalue weighted by molar-refractivity contribution is 5.78. The van der Waals surface area contributed by atoms with Crippen LogP contribution in [0, 0.1) is 11.3 Å². The molecule has 0 atom stereocenters. The summed E-state index contributed by atoms with van der Waals surface area (Å²) in [6, 6.07) is 6.72. The van der Waals surface area contributed by atoms with Crippen LogP contribution in [0.5, 0.6) is 5.75 Å². The van der Waals surface area contributed by atoms with E-state index < -0.39 is 17.5 Å². The van der Waals surface area contributed by atoms with Gasteiger partial charge in [-0.1, -0.05) is 0 Å². The molecule has 1 saturated heterocycles. The fourth-order valence-corrected chi connectivity index (χ4v) is 3.76. The molecular formula is C28H37FN6O7. The summed E-state index contributed by atoms with van der Waals surface area (Å²) in [5.74, 6) is 0.262. The van der Waals surface area contributed by atoms with E-state index in [9.17, 15) is 14.1 Å². The number of hydrogen-bond donors (Lipinski definition) is 3. The molecule has 0 spiro atoms. The van der Waals surface area contributed by atoms with Crippen molar-refractivity contribution in [1.29, 1.82) is 5.26 Å². The average Bonchev–Trinajstić information content (AvgIpc) is 2.96. The van der Waals surface area contributed by atoms with Crippen molar-refractivity contribution in [2.24, 2.45) is 0 Å². The molecule has 0 bridgehead atoms. The van der Waals surface area contributed by atoms with Gasteiger partial charge in [0.05, 0.1) is 31.6 Å². The number of esters is 2. The van der Waals surface area contributed by atoms with Gasteiger partial charge in [-0.3, -0.25) is 9.59 Å². The predicted molar refractivity (Wildman–Crippen MR) is 151 cm³/mol. The number of hydrogen-bond acceptors (Lipinski definition) is 13. The maximum Gasteiger partial charge on any atom is 0.306 e. The zero-order chi connectivity index (χ0) is 30.4. The number of ether oxygens (including phenoxy) is 5. The third kappa shape index (κ3) is 11.3. The van der Waals surface area contributed by atoms with Gasteiger partial charge in [0.2, 0.25) is 0 Å². The van der Waals surface area contributed by atoms with Crippen LogP contribution in [0.4, 0.5) is 27.6 Å². The number of carbonyl (C=O) groups excluding carboxylic acids is 2. The summed E-state index contributed by atoms with van der Waals surface area (Å²) in [6.45, 7) is 6.91. The molecule has 0 aromatic carbocycles. The molecular weight excluding hydrogens is 551 g/mol. The van der Waals surface area contributed by atoms with Crippen molar-refractivity contribution in [1.82, 2.24) is 9.97 Å². The van der Waals surface area contributed by atoms with Gasteiger partial charge >= 0.3 is 11.9 Å². The molecule has 13 nitrogen and oxygen atoms in total. The summed E-state index contributed by atoms with van der Waals surface area (Å²) in [6.07, 6.45) is 2.80. The fourth-order valence-electron chi connectivity index (χ4n) is 3.76. The largest absolute Gasteiger partial charge is 0.487 e. The van der Waals surface area contributed by atoms with E-state index in [0.29, 0.717) is 36.2 Å². The lowest BCUT2D eigenvalue weighted by atomic mass is 10.1. The molecule has 0 saturated carbocycles. The Morgan fingerprint density at radius 3 is 2.50 bits per heavy atom. The van der Waals surface area contributed by atoms with Crippen LogP contribution in [-0.2, 0) is 28.5 Å². The molecule has 0 radical (unpaired) electrons. The van der Waals surface area contributed by atoms with Crippen LogP contribution in [0.15, 0.2) is 24.4 Å². The standard InChI is InChI=1S/C28H37FN6O7/c1-28(2,3)42-25(37)7-6-24(36)41-15-13-39-12-14-40-22-16-21(35-29)26(33-23-5-4-19(17-30)18-31-23)34-27(22)32-20-8-10-38-11-9-20/h4-5,16,18,20,35H,6-15H2,1-3H3,(H2,31,32,33,34). The number of nitrogens with zero attached hydrogens (tertiary/aromatic N) is 3. The van der Waals surface area contributed by atoms with Crippen LogP contribution < -0.4 is 20.9 Å². The molecule has 3 rings (SSSR count). The third-order valence-corrected chi connectivity index (χ3v) is 5.72. The van der Waals surface area contributed by atoms with Crippen LogP contribution in [0.3, 0.4) is 0 Å². The number of pyridine rings is 2.